The maximum absolute atomic E-state index is 11.9. The molecule has 0 atom stereocenters. The first-order valence-electron chi connectivity index (χ1n) is 5.51. The molecule has 0 heterocycles. The lowest BCUT2D eigenvalue weighted by Crippen LogP contribution is -2.08. The number of ketones is 1. The average molecular weight is 252 g/mol. The van der Waals surface area contributed by atoms with E-state index in [0.717, 1.165) is 17.7 Å². The van der Waals surface area contributed by atoms with Crippen molar-refractivity contribution in [2.45, 2.75) is 20.3 Å². The Morgan fingerprint density at radius 3 is 2.65 bits per heavy atom. The minimum Gasteiger partial charge on any atom is -0.478 e. The predicted octanol–water partition coefficient (Wildman–Crippen LogP) is 3.02. The predicted molar refractivity (Wildman–Crippen MR) is 70.1 cm³/mol. The minimum absolute atomic E-state index is 0.00375. The van der Waals surface area contributed by atoms with E-state index in [1.165, 1.54) is 12.1 Å². The molecule has 1 N–H and O–H groups in total. The van der Waals surface area contributed by atoms with Crippen molar-refractivity contribution in [3.05, 3.63) is 34.9 Å². The van der Waals surface area contributed by atoms with Gasteiger partial charge in [-0.15, -0.1) is 0 Å². The molecular weight excluding hydrogens is 236 g/mol. The van der Waals surface area contributed by atoms with Gasteiger partial charge < -0.3 is 5.11 Å². The van der Waals surface area contributed by atoms with Gasteiger partial charge in [0.2, 0.25) is 0 Å². The Morgan fingerprint density at radius 2 is 2.06 bits per heavy atom. The van der Waals surface area contributed by atoms with Crippen molar-refractivity contribution >= 4 is 23.5 Å². The third-order valence-electron chi connectivity index (χ3n) is 2.37. The number of aromatic carboxylic acids is 1. The summed E-state index contributed by atoms with van der Waals surface area (Å²) in [4.78, 5) is 22.7. The summed E-state index contributed by atoms with van der Waals surface area (Å²) in [6.45, 7) is 3.89. The minimum atomic E-state index is -1.000. The molecule has 0 saturated heterocycles. The Morgan fingerprint density at radius 1 is 1.35 bits per heavy atom. The Hall–Kier alpha value is -1.29. The molecule has 1 aromatic carbocycles. The van der Waals surface area contributed by atoms with Crippen LogP contribution in [0.5, 0.6) is 0 Å². The molecule has 0 aliphatic carbocycles. The van der Waals surface area contributed by atoms with Gasteiger partial charge in [0, 0.05) is 5.56 Å². The van der Waals surface area contributed by atoms with Crippen molar-refractivity contribution in [3.63, 3.8) is 0 Å². The van der Waals surface area contributed by atoms with Crippen LogP contribution in [0.4, 0.5) is 0 Å². The van der Waals surface area contributed by atoms with Crippen molar-refractivity contribution < 1.29 is 14.7 Å². The van der Waals surface area contributed by atoms with E-state index in [0.29, 0.717) is 11.3 Å². The van der Waals surface area contributed by atoms with Crippen LogP contribution >= 0.6 is 11.8 Å². The smallest absolute Gasteiger partial charge is 0.335 e. The zero-order valence-electron chi connectivity index (χ0n) is 10.0. The number of rotatable bonds is 6. The Bertz CT molecular complexity index is 427. The molecule has 1 aromatic rings. The number of hydrogen-bond acceptors (Lipinski definition) is 3. The van der Waals surface area contributed by atoms with Gasteiger partial charge in [-0.05, 0) is 36.8 Å². The second kappa shape index (κ2) is 6.45. The second-order valence-electron chi connectivity index (χ2n) is 3.81. The lowest BCUT2D eigenvalue weighted by molar-refractivity contribution is 0.0697. The first-order valence-corrected chi connectivity index (χ1v) is 6.66. The van der Waals surface area contributed by atoms with Gasteiger partial charge in [0.1, 0.15) is 0 Å². The van der Waals surface area contributed by atoms with Crippen molar-refractivity contribution in [3.8, 4) is 0 Å². The van der Waals surface area contributed by atoms with Crippen LogP contribution in [0.15, 0.2) is 18.2 Å². The van der Waals surface area contributed by atoms with Crippen LogP contribution in [0.25, 0.3) is 0 Å². The van der Waals surface area contributed by atoms with Gasteiger partial charge in [-0.1, -0.05) is 13.0 Å². The Balaban J connectivity index is 2.84. The summed E-state index contributed by atoms with van der Waals surface area (Å²) < 4.78 is 0. The lowest BCUT2D eigenvalue weighted by Gasteiger charge is -2.06. The maximum atomic E-state index is 11.9. The van der Waals surface area contributed by atoms with E-state index in [1.54, 1.807) is 17.8 Å². The molecule has 4 heteroatoms. The number of benzene rings is 1. The molecule has 0 unspecified atom stereocenters. The van der Waals surface area contributed by atoms with Crippen LogP contribution in [0, 0.1) is 6.92 Å². The molecule has 0 aliphatic rings. The summed E-state index contributed by atoms with van der Waals surface area (Å²) in [5.74, 6) is 0.366. The fourth-order valence-corrected chi connectivity index (χ4v) is 2.22. The highest BCUT2D eigenvalue weighted by atomic mass is 32.2. The van der Waals surface area contributed by atoms with Gasteiger partial charge in [-0.25, -0.2) is 4.79 Å². The van der Waals surface area contributed by atoms with Gasteiger partial charge in [0.05, 0.1) is 11.3 Å². The van der Waals surface area contributed by atoms with Crippen molar-refractivity contribution in [2.75, 3.05) is 11.5 Å². The molecule has 0 amide bonds. The maximum Gasteiger partial charge on any atom is 0.335 e. The van der Waals surface area contributed by atoms with Gasteiger partial charge >= 0.3 is 5.97 Å². The molecule has 0 aromatic heterocycles. The fraction of sp³-hybridized carbons (Fsp3) is 0.385. The number of hydrogen-bond donors (Lipinski definition) is 1. The molecule has 0 aliphatic heterocycles. The van der Waals surface area contributed by atoms with Crippen LogP contribution in [0.1, 0.15) is 39.6 Å². The van der Waals surface area contributed by atoms with Crippen molar-refractivity contribution in [1.29, 1.82) is 0 Å². The zero-order chi connectivity index (χ0) is 12.8. The fourth-order valence-electron chi connectivity index (χ4n) is 1.44. The highest BCUT2D eigenvalue weighted by molar-refractivity contribution is 7.99. The number of Topliss-reactive ketones (excluding diaryl/α,β-unsaturated/α-hetero) is 1. The van der Waals surface area contributed by atoms with Crippen molar-refractivity contribution in [2.24, 2.45) is 0 Å². The summed E-state index contributed by atoms with van der Waals surface area (Å²) in [6.07, 6.45) is 1.03. The SMILES string of the molecule is CCCSCC(=O)c1cc(C(=O)O)ccc1C. The molecule has 3 nitrogen and oxygen atoms in total. The quantitative estimate of drug-likeness (QED) is 0.624. The highest BCUT2D eigenvalue weighted by Gasteiger charge is 2.12. The molecule has 1 rings (SSSR count). The molecule has 92 valence electrons. The third-order valence-corrected chi connectivity index (χ3v) is 3.53. The standard InChI is InChI=1S/C13H16O3S/c1-3-6-17-8-12(14)11-7-10(13(15)16)5-4-9(11)2/h4-5,7H,3,6,8H2,1-2H3,(H,15,16). The second-order valence-corrected chi connectivity index (χ2v) is 4.92. The van der Waals surface area contributed by atoms with Gasteiger partial charge in [-0.3, -0.25) is 4.79 Å². The zero-order valence-corrected chi connectivity index (χ0v) is 10.8. The summed E-state index contributed by atoms with van der Waals surface area (Å²) >= 11 is 1.58. The van der Waals surface area contributed by atoms with Gasteiger partial charge in [-0.2, -0.15) is 11.8 Å². The van der Waals surface area contributed by atoms with E-state index >= 15 is 0 Å². The van der Waals surface area contributed by atoms with Crippen LogP contribution in [0.2, 0.25) is 0 Å². The first-order chi connectivity index (χ1) is 8.06. The molecule has 0 saturated carbocycles. The normalized spacial score (nSPS) is 10.2. The van der Waals surface area contributed by atoms with Crippen LogP contribution in [0.3, 0.4) is 0 Å². The molecule has 0 spiro atoms. The molecule has 0 bridgehead atoms. The van der Waals surface area contributed by atoms with E-state index in [4.69, 9.17) is 5.11 Å². The molecule has 0 fully saturated rings. The van der Waals surface area contributed by atoms with Crippen molar-refractivity contribution in [1.82, 2.24) is 0 Å². The monoisotopic (exact) mass is 252 g/mol. The van der Waals surface area contributed by atoms with Gasteiger partial charge in [0.15, 0.2) is 5.78 Å². The summed E-state index contributed by atoms with van der Waals surface area (Å²) in [6, 6.07) is 4.67. The molecule has 17 heavy (non-hydrogen) atoms. The Labute approximate surface area is 105 Å². The van der Waals surface area contributed by atoms with Crippen LogP contribution in [-0.2, 0) is 0 Å². The molecular formula is C13H16O3S. The third kappa shape index (κ3) is 3.89. The Kier molecular flexibility index (Phi) is 5.22. The summed E-state index contributed by atoms with van der Waals surface area (Å²) in [5, 5.41) is 8.88. The van der Waals surface area contributed by atoms with E-state index in [1.807, 2.05) is 6.92 Å². The number of carbonyl (C=O) groups is 2. The van der Waals surface area contributed by atoms with Gasteiger partial charge in [0.25, 0.3) is 0 Å². The summed E-state index contributed by atoms with van der Waals surface area (Å²) in [5.41, 5.74) is 1.52. The average Bonchev–Trinajstić information content (AvgIpc) is 2.29. The lowest BCUT2D eigenvalue weighted by atomic mass is 10.0. The van der Waals surface area contributed by atoms with E-state index in [9.17, 15) is 9.59 Å². The number of carboxylic acids is 1. The van der Waals surface area contributed by atoms with Crippen LogP contribution < -0.4 is 0 Å². The number of aryl methyl sites for hydroxylation is 1. The van der Waals surface area contributed by atoms with E-state index in [-0.39, 0.29) is 11.3 Å². The van der Waals surface area contributed by atoms with E-state index < -0.39 is 5.97 Å². The largest absolute Gasteiger partial charge is 0.478 e. The topological polar surface area (TPSA) is 54.4 Å². The first kappa shape index (κ1) is 13.8. The van der Waals surface area contributed by atoms with E-state index in [2.05, 4.69) is 6.92 Å². The highest BCUT2D eigenvalue weighted by Crippen LogP contribution is 2.15. The summed E-state index contributed by atoms with van der Waals surface area (Å²) in [7, 11) is 0. The van der Waals surface area contributed by atoms with Crippen LogP contribution in [-0.4, -0.2) is 28.4 Å². The number of carbonyl (C=O) groups excluding carboxylic acids is 1. The number of thioether (sulfide) groups is 1. The number of carboxylic acid groups (broad SMARTS) is 1. The molecule has 0 radical (unpaired) electrons.